The molecule has 0 saturated carbocycles. The molecule has 0 saturated heterocycles. The van der Waals surface area contributed by atoms with E-state index in [0.29, 0.717) is 0 Å². The number of ether oxygens (including phenoxy) is 1. The summed E-state index contributed by atoms with van der Waals surface area (Å²) in [5.74, 6) is 0.919. The van der Waals surface area contributed by atoms with Crippen molar-refractivity contribution in [1.29, 1.82) is 0 Å². The van der Waals surface area contributed by atoms with Gasteiger partial charge >= 0.3 is 6.18 Å². The van der Waals surface area contributed by atoms with Crippen molar-refractivity contribution in [2.75, 3.05) is 0 Å². The molecule has 0 aliphatic carbocycles. The van der Waals surface area contributed by atoms with Gasteiger partial charge in [-0.25, -0.2) is 0 Å². The van der Waals surface area contributed by atoms with Crippen LogP contribution in [0, 0.1) is 18.6 Å². The van der Waals surface area contributed by atoms with Crippen LogP contribution in [-0.2, 0) is 4.74 Å². The van der Waals surface area contributed by atoms with Gasteiger partial charge in [-0.05, 0) is 6.92 Å². The van der Waals surface area contributed by atoms with Gasteiger partial charge < -0.3 is 4.74 Å². The lowest BCUT2D eigenvalue weighted by molar-refractivity contribution is -0.0702. The van der Waals surface area contributed by atoms with Gasteiger partial charge in [0.1, 0.15) is 12.7 Å². The molecule has 4 heteroatoms. The maximum atomic E-state index is 11.1. The third kappa shape index (κ3) is 7.15. The van der Waals surface area contributed by atoms with Crippen LogP contribution in [0.15, 0.2) is 0 Å². The Morgan fingerprint density at radius 2 is 2.00 bits per heavy atom. The number of halogens is 3. The van der Waals surface area contributed by atoms with Gasteiger partial charge in [0.25, 0.3) is 0 Å². The predicted octanol–water partition coefficient (Wildman–Crippen LogP) is 1.71. The molecule has 0 bridgehead atoms. The molecule has 0 atom stereocenters. The van der Waals surface area contributed by atoms with Gasteiger partial charge in [0, 0.05) is 0 Å². The fourth-order valence-electron chi connectivity index (χ4n) is 0.146. The monoisotopic (exact) mass is 137 g/mol. The molecule has 0 amide bonds. The Labute approximate surface area is 50.8 Å². The van der Waals surface area contributed by atoms with Crippen molar-refractivity contribution >= 4 is 0 Å². The highest BCUT2D eigenvalue weighted by atomic mass is 19.4. The summed E-state index contributed by atoms with van der Waals surface area (Å²) < 4.78 is 37.3. The molecule has 1 nitrogen and oxygen atoms in total. The molecule has 0 heterocycles. The summed E-state index contributed by atoms with van der Waals surface area (Å²) in [5, 5.41) is 0. The third-order valence-corrected chi connectivity index (χ3v) is 0.370. The lowest BCUT2D eigenvalue weighted by Gasteiger charge is -1.90. The van der Waals surface area contributed by atoms with E-state index in [1.165, 1.54) is 13.0 Å². The molecule has 0 aliphatic rings. The van der Waals surface area contributed by atoms with Gasteiger partial charge in [0.2, 0.25) is 0 Å². The van der Waals surface area contributed by atoms with Gasteiger partial charge in [0.15, 0.2) is 0 Å². The van der Waals surface area contributed by atoms with E-state index in [1.807, 2.05) is 0 Å². The average Bonchev–Trinajstić information content (AvgIpc) is 1.63. The SMILES string of the molecule is C[CH]OC#CC(F)(F)F. The molecule has 9 heavy (non-hydrogen) atoms. The van der Waals surface area contributed by atoms with E-state index in [2.05, 4.69) is 4.74 Å². The van der Waals surface area contributed by atoms with E-state index < -0.39 is 6.18 Å². The molecule has 0 aromatic rings. The summed E-state index contributed by atoms with van der Waals surface area (Å²) in [6, 6.07) is 0. The van der Waals surface area contributed by atoms with Gasteiger partial charge in [-0.1, -0.05) is 0 Å². The van der Waals surface area contributed by atoms with Crippen LogP contribution >= 0.6 is 0 Å². The molecular formula is C5H4F3O. The third-order valence-electron chi connectivity index (χ3n) is 0.370. The summed E-state index contributed by atoms with van der Waals surface area (Å²) >= 11 is 0. The van der Waals surface area contributed by atoms with Gasteiger partial charge in [-0.3, -0.25) is 0 Å². The van der Waals surface area contributed by atoms with E-state index in [-0.39, 0.29) is 0 Å². The van der Waals surface area contributed by atoms with Crippen molar-refractivity contribution in [3.63, 3.8) is 0 Å². The Balaban J connectivity index is 3.59. The Morgan fingerprint density at radius 1 is 1.44 bits per heavy atom. The van der Waals surface area contributed by atoms with Crippen LogP contribution in [0.3, 0.4) is 0 Å². The number of alkyl halides is 3. The second-order valence-electron chi connectivity index (χ2n) is 1.08. The van der Waals surface area contributed by atoms with Crippen molar-refractivity contribution < 1.29 is 17.9 Å². The molecule has 0 aliphatic heterocycles. The zero-order valence-electron chi connectivity index (χ0n) is 4.62. The smallest absolute Gasteiger partial charge is 0.439 e. The van der Waals surface area contributed by atoms with Crippen LogP contribution in [-0.4, -0.2) is 6.18 Å². The molecule has 0 aromatic heterocycles. The van der Waals surface area contributed by atoms with Crippen LogP contribution in [0.4, 0.5) is 13.2 Å². The number of hydrogen-bond donors (Lipinski definition) is 0. The first kappa shape index (κ1) is 8.15. The molecule has 51 valence electrons. The first-order chi connectivity index (χ1) is 4.06. The normalized spacial score (nSPS) is 9.78. The molecule has 0 rings (SSSR count). The first-order valence-corrected chi connectivity index (χ1v) is 2.08. The van der Waals surface area contributed by atoms with Crippen molar-refractivity contribution in [2.24, 2.45) is 0 Å². The summed E-state index contributed by atoms with van der Waals surface area (Å²) in [7, 11) is 0. The quantitative estimate of drug-likeness (QED) is 0.500. The number of rotatable bonds is 1. The molecular weight excluding hydrogens is 133 g/mol. The highest BCUT2D eigenvalue weighted by Gasteiger charge is 2.23. The summed E-state index contributed by atoms with van der Waals surface area (Å²) in [6.07, 6.45) is -3.01. The molecule has 1 radical (unpaired) electrons. The second-order valence-corrected chi connectivity index (χ2v) is 1.08. The average molecular weight is 137 g/mol. The Hall–Kier alpha value is -0.850. The Bertz CT molecular complexity index is 127. The molecule has 0 N–H and O–H groups in total. The topological polar surface area (TPSA) is 9.23 Å². The van der Waals surface area contributed by atoms with E-state index in [4.69, 9.17) is 0 Å². The Kier molecular flexibility index (Phi) is 2.93. The van der Waals surface area contributed by atoms with Crippen LogP contribution in [0.25, 0.3) is 0 Å². The minimum Gasteiger partial charge on any atom is -0.439 e. The molecule has 0 aromatic carbocycles. The van der Waals surface area contributed by atoms with Crippen molar-refractivity contribution in [1.82, 2.24) is 0 Å². The largest absolute Gasteiger partial charge is 0.460 e. The van der Waals surface area contributed by atoms with Crippen molar-refractivity contribution in [3.05, 3.63) is 6.61 Å². The fourth-order valence-corrected chi connectivity index (χ4v) is 0.146. The Morgan fingerprint density at radius 3 is 2.33 bits per heavy atom. The standard InChI is InChI=1S/C5H4F3O/c1-2-9-4-3-5(6,7)8/h2H,1H3. The number of hydrogen-bond acceptors (Lipinski definition) is 1. The highest BCUT2D eigenvalue weighted by Crippen LogP contribution is 2.11. The zero-order valence-corrected chi connectivity index (χ0v) is 4.62. The van der Waals surface area contributed by atoms with E-state index in [1.54, 1.807) is 0 Å². The summed E-state index contributed by atoms with van der Waals surface area (Å²) in [4.78, 5) is 0. The lowest BCUT2D eigenvalue weighted by Crippen LogP contribution is -2.01. The molecule has 0 fully saturated rings. The summed E-state index contributed by atoms with van der Waals surface area (Å²) in [5.41, 5.74) is 0. The first-order valence-electron chi connectivity index (χ1n) is 2.08. The summed E-state index contributed by atoms with van der Waals surface area (Å²) in [6.45, 7) is 2.50. The van der Waals surface area contributed by atoms with Crippen LogP contribution in [0.1, 0.15) is 6.92 Å². The van der Waals surface area contributed by atoms with E-state index >= 15 is 0 Å². The maximum Gasteiger partial charge on any atom is 0.460 e. The predicted molar refractivity (Wildman–Crippen MR) is 24.9 cm³/mol. The fraction of sp³-hybridized carbons (Fsp3) is 0.400. The van der Waals surface area contributed by atoms with Crippen LogP contribution < -0.4 is 0 Å². The van der Waals surface area contributed by atoms with Crippen molar-refractivity contribution in [3.8, 4) is 12.0 Å². The zero-order chi connectivity index (χ0) is 7.33. The van der Waals surface area contributed by atoms with Gasteiger partial charge in [0.05, 0.1) is 5.92 Å². The minimum absolute atomic E-state index is 0.919. The van der Waals surface area contributed by atoms with Gasteiger partial charge in [-0.2, -0.15) is 13.2 Å². The van der Waals surface area contributed by atoms with E-state index in [0.717, 1.165) is 12.5 Å². The highest BCUT2D eigenvalue weighted by molar-refractivity contribution is 4.99. The molecule has 0 spiro atoms. The van der Waals surface area contributed by atoms with Crippen LogP contribution in [0.2, 0.25) is 0 Å². The van der Waals surface area contributed by atoms with Crippen LogP contribution in [0.5, 0.6) is 0 Å². The lowest BCUT2D eigenvalue weighted by atomic mass is 10.7. The second kappa shape index (κ2) is 3.23. The van der Waals surface area contributed by atoms with E-state index in [9.17, 15) is 13.2 Å². The van der Waals surface area contributed by atoms with Gasteiger partial charge in [-0.15, -0.1) is 0 Å². The van der Waals surface area contributed by atoms with Crippen molar-refractivity contribution in [2.45, 2.75) is 13.1 Å². The maximum absolute atomic E-state index is 11.1. The minimum atomic E-state index is -4.46. The molecule has 0 unspecified atom stereocenters.